The fourth-order valence-corrected chi connectivity index (χ4v) is 3.60. The first-order valence-corrected chi connectivity index (χ1v) is 11.1. The molecular formula is C22H38N4O2. The summed E-state index contributed by atoms with van der Waals surface area (Å²) in [5.41, 5.74) is 0. The van der Waals surface area contributed by atoms with E-state index in [1.165, 1.54) is 19.3 Å². The number of allylic oxidation sites excluding steroid dienone is 2. The molecule has 0 aromatic rings. The second-order valence-electron chi connectivity index (χ2n) is 7.78. The lowest BCUT2D eigenvalue weighted by atomic mass is 10.1. The summed E-state index contributed by atoms with van der Waals surface area (Å²) in [6, 6.07) is 0. The van der Waals surface area contributed by atoms with Gasteiger partial charge in [0, 0.05) is 45.6 Å². The van der Waals surface area contributed by atoms with Crippen LogP contribution < -0.4 is 10.6 Å². The van der Waals surface area contributed by atoms with E-state index in [0.29, 0.717) is 12.8 Å². The highest BCUT2D eigenvalue weighted by molar-refractivity contribution is 5.76. The van der Waals surface area contributed by atoms with Crippen LogP contribution in [0.25, 0.3) is 0 Å². The highest BCUT2D eigenvalue weighted by Crippen LogP contribution is 2.08. The van der Waals surface area contributed by atoms with Crippen molar-refractivity contribution in [2.45, 2.75) is 57.8 Å². The van der Waals surface area contributed by atoms with Crippen molar-refractivity contribution in [3.8, 4) is 0 Å². The molecule has 0 aliphatic carbocycles. The fourth-order valence-electron chi connectivity index (χ4n) is 3.60. The zero-order chi connectivity index (χ0) is 19.9. The molecule has 2 amide bonds. The van der Waals surface area contributed by atoms with Gasteiger partial charge in [-0.1, -0.05) is 31.4 Å². The summed E-state index contributed by atoms with van der Waals surface area (Å²) in [7, 11) is 0. The summed E-state index contributed by atoms with van der Waals surface area (Å²) >= 11 is 0. The van der Waals surface area contributed by atoms with Gasteiger partial charge in [0.2, 0.25) is 11.8 Å². The molecule has 0 atom stereocenters. The summed E-state index contributed by atoms with van der Waals surface area (Å²) in [4.78, 5) is 28.3. The molecular weight excluding hydrogens is 352 g/mol. The minimum Gasteiger partial charge on any atom is -0.373 e. The lowest BCUT2D eigenvalue weighted by Gasteiger charge is -2.25. The molecule has 0 radical (unpaired) electrons. The highest BCUT2D eigenvalue weighted by Gasteiger charge is 2.11. The molecule has 0 saturated carbocycles. The summed E-state index contributed by atoms with van der Waals surface area (Å²) in [6.45, 7) is 6.37. The van der Waals surface area contributed by atoms with Crippen LogP contribution in [0.4, 0.5) is 0 Å². The zero-order valence-corrected chi connectivity index (χ0v) is 17.3. The molecule has 6 heteroatoms. The fraction of sp³-hybridized carbons (Fsp3) is 0.727. The molecule has 0 bridgehead atoms. The summed E-state index contributed by atoms with van der Waals surface area (Å²) in [5, 5.41) is 6.03. The van der Waals surface area contributed by atoms with Crippen molar-refractivity contribution in [1.82, 2.24) is 20.4 Å². The molecule has 0 unspecified atom stereocenters. The van der Waals surface area contributed by atoms with E-state index in [2.05, 4.69) is 26.5 Å². The van der Waals surface area contributed by atoms with Gasteiger partial charge in [-0.05, 0) is 51.0 Å². The van der Waals surface area contributed by atoms with Crippen molar-refractivity contribution >= 4 is 11.8 Å². The number of amides is 2. The minimum atomic E-state index is 0.129. The second-order valence-corrected chi connectivity index (χ2v) is 7.78. The van der Waals surface area contributed by atoms with Crippen LogP contribution >= 0.6 is 0 Å². The second kappa shape index (κ2) is 14.2. The Kier molecular flexibility index (Phi) is 11.4. The third-order valence-corrected chi connectivity index (χ3v) is 5.36. The molecule has 0 spiro atoms. The number of hydrogen-bond acceptors (Lipinski definition) is 4. The van der Waals surface area contributed by atoms with Gasteiger partial charge in [-0.2, -0.15) is 0 Å². The van der Waals surface area contributed by atoms with E-state index in [1.54, 1.807) is 0 Å². The SMILES string of the molecule is O=C(CCN1C=CC=CC1)NCCCCCCNC(=O)CCN1CCCCC1. The Morgan fingerprint density at radius 1 is 0.786 bits per heavy atom. The molecule has 1 saturated heterocycles. The zero-order valence-electron chi connectivity index (χ0n) is 17.3. The van der Waals surface area contributed by atoms with E-state index >= 15 is 0 Å². The Morgan fingerprint density at radius 3 is 2.04 bits per heavy atom. The average molecular weight is 391 g/mol. The number of piperidine rings is 1. The number of nitrogens with zero attached hydrogens (tertiary/aromatic N) is 2. The Bertz CT molecular complexity index is 513. The van der Waals surface area contributed by atoms with Crippen molar-refractivity contribution in [2.75, 3.05) is 45.8 Å². The van der Waals surface area contributed by atoms with Crippen LogP contribution in [0.5, 0.6) is 0 Å². The smallest absolute Gasteiger partial charge is 0.221 e. The van der Waals surface area contributed by atoms with Crippen LogP contribution in [0, 0.1) is 0 Å². The lowest BCUT2D eigenvalue weighted by molar-refractivity contribution is -0.122. The average Bonchev–Trinajstić information content (AvgIpc) is 2.74. The first-order valence-electron chi connectivity index (χ1n) is 11.1. The minimum absolute atomic E-state index is 0.129. The standard InChI is InChI=1S/C22H38N4O2/c27-21(11-19-25-15-7-3-8-16-25)23-13-5-1-2-6-14-24-22(28)12-20-26-17-9-4-10-18-26/h3,7-8,15H,1-2,4-6,9-14,16-20H2,(H,23,27)(H,24,28). The highest BCUT2D eigenvalue weighted by atomic mass is 16.2. The van der Waals surface area contributed by atoms with Crippen molar-refractivity contribution in [3.05, 3.63) is 24.4 Å². The molecule has 2 heterocycles. The van der Waals surface area contributed by atoms with E-state index in [1.807, 2.05) is 18.4 Å². The van der Waals surface area contributed by atoms with Crippen molar-refractivity contribution < 1.29 is 9.59 Å². The normalized spacial score (nSPS) is 16.9. The Balaban J connectivity index is 1.34. The largest absolute Gasteiger partial charge is 0.373 e. The molecule has 2 N–H and O–H groups in total. The van der Waals surface area contributed by atoms with Gasteiger partial charge in [0.1, 0.15) is 0 Å². The Labute approximate surface area is 170 Å². The van der Waals surface area contributed by atoms with Crippen molar-refractivity contribution in [3.63, 3.8) is 0 Å². The van der Waals surface area contributed by atoms with Gasteiger partial charge in [-0.25, -0.2) is 0 Å². The first-order chi connectivity index (χ1) is 13.7. The van der Waals surface area contributed by atoms with E-state index < -0.39 is 0 Å². The molecule has 28 heavy (non-hydrogen) atoms. The molecule has 2 aliphatic rings. The van der Waals surface area contributed by atoms with E-state index in [-0.39, 0.29) is 11.8 Å². The monoisotopic (exact) mass is 390 g/mol. The Morgan fingerprint density at radius 2 is 1.43 bits per heavy atom. The number of carbonyl (C=O) groups is 2. The first kappa shape index (κ1) is 22.5. The van der Waals surface area contributed by atoms with Crippen LogP contribution in [0.1, 0.15) is 57.8 Å². The van der Waals surface area contributed by atoms with Gasteiger partial charge >= 0.3 is 0 Å². The van der Waals surface area contributed by atoms with Crippen LogP contribution in [-0.4, -0.2) is 67.4 Å². The lowest BCUT2D eigenvalue weighted by Crippen LogP contribution is -2.34. The van der Waals surface area contributed by atoms with Crippen molar-refractivity contribution in [2.24, 2.45) is 0 Å². The van der Waals surface area contributed by atoms with Crippen LogP contribution in [-0.2, 0) is 9.59 Å². The summed E-state index contributed by atoms with van der Waals surface area (Å²) in [5.74, 6) is 0.306. The van der Waals surface area contributed by atoms with Gasteiger partial charge in [0.15, 0.2) is 0 Å². The maximum atomic E-state index is 11.9. The summed E-state index contributed by atoms with van der Waals surface area (Å²) < 4.78 is 0. The molecule has 6 nitrogen and oxygen atoms in total. The number of likely N-dealkylation sites (tertiary alicyclic amines) is 1. The van der Waals surface area contributed by atoms with E-state index in [4.69, 9.17) is 0 Å². The van der Waals surface area contributed by atoms with Gasteiger partial charge in [0.05, 0.1) is 0 Å². The van der Waals surface area contributed by atoms with E-state index in [9.17, 15) is 9.59 Å². The van der Waals surface area contributed by atoms with Crippen LogP contribution in [0.15, 0.2) is 24.4 Å². The topological polar surface area (TPSA) is 64.7 Å². The van der Waals surface area contributed by atoms with Crippen molar-refractivity contribution in [1.29, 1.82) is 0 Å². The quantitative estimate of drug-likeness (QED) is 0.474. The third kappa shape index (κ3) is 10.5. The van der Waals surface area contributed by atoms with Gasteiger partial charge in [0.25, 0.3) is 0 Å². The molecule has 2 aliphatic heterocycles. The number of hydrogen-bond donors (Lipinski definition) is 2. The van der Waals surface area contributed by atoms with Gasteiger partial charge < -0.3 is 20.4 Å². The molecule has 0 aromatic heterocycles. The molecule has 2 rings (SSSR count). The van der Waals surface area contributed by atoms with Gasteiger partial charge in [-0.3, -0.25) is 9.59 Å². The maximum Gasteiger partial charge on any atom is 0.221 e. The molecule has 1 fully saturated rings. The summed E-state index contributed by atoms with van der Waals surface area (Å²) in [6.07, 6.45) is 17.4. The predicted octanol–water partition coefficient (Wildman–Crippen LogP) is 2.43. The molecule has 0 aromatic carbocycles. The number of rotatable bonds is 13. The van der Waals surface area contributed by atoms with E-state index in [0.717, 1.165) is 71.5 Å². The Hall–Kier alpha value is -1.82. The third-order valence-electron chi connectivity index (χ3n) is 5.36. The van der Waals surface area contributed by atoms with Gasteiger partial charge in [-0.15, -0.1) is 0 Å². The van der Waals surface area contributed by atoms with Crippen LogP contribution in [0.2, 0.25) is 0 Å². The number of carbonyl (C=O) groups excluding carboxylic acids is 2. The predicted molar refractivity (Wildman–Crippen MR) is 114 cm³/mol. The number of unbranched alkanes of at least 4 members (excludes halogenated alkanes) is 3. The maximum absolute atomic E-state index is 11.9. The number of nitrogens with one attached hydrogen (secondary N) is 2. The van der Waals surface area contributed by atoms with Crippen LogP contribution in [0.3, 0.4) is 0 Å². The molecule has 158 valence electrons.